The van der Waals surface area contributed by atoms with Crippen LogP contribution in [-0.2, 0) is 11.0 Å². The van der Waals surface area contributed by atoms with E-state index in [4.69, 9.17) is 4.43 Å². The van der Waals surface area contributed by atoms with E-state index in [0.717, 1.165) is 43.5 Å². The van der Waals surface area contributed by atoms with Gasteiger partial charge in [0.25, 0.3) is 0 Å². The van der Waals surface area contributed by atoms with E-state index in [1.807, 2.05) is 12.4 Å². The number of piperazine rings is 1. The number of rotatable bonds is 6. The zero-order chi connectivity index (χ0) is 20.4. The van der Waals surface area contributed by atoms with Crippen LogP contribution in [0, 0.1) is 0 Å². The summed E-state index contributed by atoms with van der Waals surface area (Å²) in [6, 6.07) is 0. The minimum atomic E-state index is -1.78. The van der Waals surface area contributed by atoms with E-state index in [1.165, 1.54) is 4.88 Å². The lowest BCUT2D eigenvalue weighted by molar-refractivity contribution is 0.202. The van der Waals surface area contributed by atoms with E-state index >= 15 is 0 Å². The maximum atomic E-state index is 6.51. The highest BCUT2D eigenvalue weighted by Crippen LogP contribution is 2.40. The normalized spacial score (nSPS) is 17.7. The fourth-order valence-electron chi connectivity index (χ4n) is 3.06. The minimum Gasteiger partial charge on any atom is -0.408 e. The second kappa shape index (κ2) is 8.57. The van der Waals surface area contributed by atoms with Gasteiger partial charge in [-0.1, -0.05) is 20.8 Å². The van der Waals surface area contributed by atoms with E-state index in [-0.39, 0.29) is 11.1 Å². The van der Waals surface area contributed by atoms with Gasteiger partial charge < -0.3 is 9.33 Å². The first kappa shape index (κ1) is 21.4. The van der Waals surface area contributed by atoms with Crippen molar-refractivity contribution >= 4 is 25.5 Å². The van der Waals surface area contributed by atoms with Crippen LogP contribution >= 0.6 is 11.3 Å². The van der Waals surface area contributed by atoms with E-state index in [1.54, 1.807) is 23.7 Å². The van der Waals surface area contributed by atoms with Crippen LogP contribution in [0.15, 0.2) is 24.8 Å². The molecule has 154 valence electrons. The Morgan fingerprint density at radius 2 is 1.82 bits per heavy atom. The second-order valence-electron chi connectivity index (χ2n) is 9.01. The summed E-state index contributed by atoms with van der Waals surface area (Å²) in [5.41, 5.74) is 0. The molecule has 3 heterocycles. The Labute approximate surface area is 174 Å². The van der Waals surface area contributed by atoms with Gasteiger partial charge in [0.2, 0.25) is 0 Å². The molecule has 1 fully saturated rings. The molecule has 1 aliphatic rings. The van der Waals surface area contributed by atoms with Crippen LogP contribution in [0.5, 0.6) is 0 Å². The van der Waals surface area contributed by atoms with Crippen molar-refractivity contribution in [1.82, 2.24) is 19.9 Å². The van der Waals surface area contributed by atoms with Gasteiger partial charge >= 0.3 is 0 Å². The summed E-state index contributed by atoms with van der Waals surface area (Å²) in [7, 11) is -1.78. The Morgan fingerprint density at radius 1 is 1.11 bits per heavy atom. The molecular formula is C20H33N5OSSi. The van der Waals surface area contributed by atoms with Crippen LogP contribution in [0.4, 0.5) is 5.82 Å². The van der Waals surface area contributed by atoms with Crippen molar-refractivity contribution in [2.75, 3.05) is 31.1 Å². The highest BCUT2D eigenvalue weighted by atomic mass is 32.1. The quantitative estimate of drug-likeness (QED) is 0.649. The summed E-state index contributed by atoms with van der Waals surface area (Å²) in [6.45, 7) is 18.6. The summed E-state index contributed by atoms with van der Waals surface area (Å²) in [6.07, 6.45) is 7.41. The van der Waals surface area contributed by atoms with Crippen molar-refractivity contribution in [3.63, 3.8) is 0 Å². The molecule has 28 heavy (non-hydrogen) atoms. The average molecular weight is 420 g/mol. The Morgan fingerprint density at radius 3 is 2.43 bits per heavy atom. The molecule has 0 spiro atoms. The Kier molecular flexibility index (Phi) is 6.53. The zero-order valence-corrected chi connectivity index (χ0v) is 19.8. The molecule has 3 rings (SSSR count). The predicted molar refractivity (Wildman–Crippen MR) is 118 cm³/mol. The van der Waals surface area contributed by atoms with Crippen LogP contribution in [0.2, 0.25) is 18.1 Å². The van der Waals surface area contributed by atoms with Crippen LogP contribution in [0.1, 0.15) is 43.7 Å². The van der Waals surface area contributed by atoms with Crippen molar-refractivity contribution in [2.24, 2.45) is 0 Å². The molecule has 0 bridgehead atoms. The third-order valence-corrected chi connectivity index (χ3v) is 11.5. The topological polar surface area (TPSA) is 54.4 Å². The van der Waals surface area contributed by atoms with E-state index < -0.39 is 8.32 Å². The lowest BCUT2D eigenvalue weighted by Gasteiger charge is -2.38. The van der Waals surface area contributed by atoms with E-state index in [0.29, 0.717) is 0 Å². The molecule has 0 radical (unpaired) electrons. The zero-order valence-electron chi connectivity index (χ0n) is 18.0. The number of thiazole rings is 1. The van der Waals surface area contributed by atoms with Crippen molar-refractivity contribution in [3.05, 3.63) is 34.7 Å². The van der Waals surface area contributed by atoms with Crippen LogP contribution in [0.25, 0.3) is 0 Å². The molecule has 0 N–H and O–H groups in total. The molecule has 6 nitrogen and oxygen atoms in total. The third-order valence-electron chi connectivity index (χ3n) is 5.82. The highest BCUT2D eigenvalue weighted by molar-refractivity contribution is 7.11. The number of hydrogen-bond acceptors (Lipinski definition) is 7. The number of anilines is 1. The first-order valence-electron chi connectivity index (χ1n) is 10.0. The fraction of sp³-hybridized carbons (Fsp3) is 0.650. The van der Waals surface area contributed by atoms with Gasteiger partial charge in [0, 0.05) is 56.2 Å². The predicted octanol–water partition coefficient (Wildman–Crippen LogP) is 4.34. The van der Waals surface area contributed by atoms with Gasteiger partial charge in [0.15, 0.2) is 8.32 Å². The summed E-state index contributed by atoms with van der Waals surface area (Å²) in [4.78, 5) is 19.4. The second-order valence-corrected chi connectivity index (χ2v) is 14.9. The SMILES string of the molecule is C[C@H](O[Si](C)(C)C(C)(C)C)c1ncc(CN2CCN(c3cnccn3)CC2)s1. The number of hydrogen-bond donors (Lipinski definition) is 0. The molecule has 0 aromatic carbocycles. The Bertz CT molecular complexity index is 753. The highest BCUT2D eigenvalue weighted by Gasteiger charge is 2.39. The summed E-state index contributed by atoms with van der Waals surface area (Å²) >= 11 is 1.79. The van der Waals surface area contributed by atoms with Gasteiger partial charge in [-0.2, -0.15) is 0 Å². The first-order valence-corrected chi connectivity index (χ1v) is 13.7. The number of aromatic nitrogens is 3. The van der Waals surface area contributed by atoms with Crippen molar-refractivity contribution in [3.8, 4) is 0 Å². The summed E-state index contributed by atoms with van der Waals surface area (Å²) < 4.78 is 6.51. The Balaban J connectivity index is 1.53. The van der Waals surface area contributed by atoms with Gasteiger partial charge in [0.05, 0.1) is 12.3 Å². The molecule has 2 aromatic heterocycles. The lowest BCUT2D eigenvalue weighted by atomic mass is 10.2. The van der Waals surface area contributed by atoms with E-state index in [2.05, 4.69) is 65.5 Å². The van der Waals surface area contributed by atoms with Crippen LogP contribution < -0.4 is 4.90 Å². The van der Waals surface area contributed by atoms with Crippen LogP contribution in [0.3, 0.4) is 0 Å². The summed E-state index contributed by atoms with van der Waals surface area (Å²) in [5, 5.41) is 1.31. The van der Waals surface area contributed by atoms with Crippen LogP contribution in [-0.4, -0.2) is 54.3 Å². The molecular weight excluding hydrogens is 386 g/mol. The maximum absolute atomic E-state index is 6.51. The fourth-order valence-corrected chi connectivity index (χ4v) is 5.44. The van der Waals surface area contributed by atoms with E-state index in [9.17, 15) is 0 Å². The molecule has 0 saturated carbocycles. The molecule has 8 heteroatoms. The largest absolute Gasteiger partial charge is 0.408 e. The van der Waals surface area contributed by atoms with Crippen molar-refractivity contribution < 1.29 is 4.43 Å². The van der Waals surface area contributed by atoms with Gasteiger partial charge in [-0.25, -0.2) is 9.97 Å². The average Bonchev–Trinajstić information content (AvgIpc) is 3.10. The monoisotopic (exact) mass is 419 g/mol. The standard InChI is InChI=1S/C20H33N5OSSi/c1-16(26-28(5,6)20(2,3)4)19-23-13-17(27-19)15-24-9-11-25(12-10-24)18-14-21-7-8-22-18/h7-8,13-14,16H,9-12,15H2,1-6H3/t16-/m0/s1. The Hall–Kier alpha value is -1.35. The molecule has 1 atom stereocenters. The number of nitrogens with zero attached hydrogens (tertiary/aromatic N) is 5. The third kappa shape index (κ3) is 5.17. The minimum absolute atomic E-state index is 0.0631. The van der Waals surface area contributed by atoms with Gasteiger partial charge in [-0.15, -0.1) is 11.3 Å². The molecule has 0 amide bonds. The van der Waals surface area contributed by atoms with Crippen molar-refractivity contribution in [2.45, 2.75) is 58.5 Å². The van der Waals surface area contributed by atoms with Crippen molar-refractivity contribution in [1.29, 1.82) is 0 Å². The van der Waals surface area contributed by atoms with Gasteiger partial charge in [-0.3, -0.25) is 9.88 Å². The molecule has 1 aliphatic heterocycles. The maximum Gasteiger partial charge on any atom is 0.193 e. The molecule has 0 unspecified atom stereocenters. The summed E-state index contributed by atoms with van der Waals surface area (Å²) in [5.74, 6) is 0.971. The first-order chi connectivity index (χ1) is 13.2. The smallest absolute Gasteiger partial charge is 0.193 e. The molecule has 2 aromatic rings. The van der Waals surface area contributed by atoms with Gasteiger partial charge in [0.1, 0.15) is 10.8 Å². The lowest BCUT2D eigenvalue weighted by Crippen LogP contribution is -2.46. The molecule has 1 saturated heterocycles. The molecule has 0 aliphatic carbocycles. The van der Waals surface area contributed by atoms with Gasteiger partial charge in [-0.05, 0) is 25.1 Å².